The van der Waals surface area contributed by atoms with Crippen LogP contribution in [0.4, 0.5) is 0 Å². The molecule has 0 aromatic heterocycles. The van der Waals surface area contributed by atoms with E-state index < -0.39 is 0 Å². The lowest BCUT2D eigenvalue weighted by Crippen LogP contribution is -2.22. The zero-order valence-electron chi connectivity index (χ0n) is 11.8. The predicted octanol–water partition coefficient (Wildman–Crippen LogP) is 3.70. The Morgan fingerprint density at radius 1 is 1.05 bits per heavy atom. The van der Waals surface area contributed by atoms with Gasteiger partial charge < -0.3 is 10.1 Å². The lowest BCUT2D eigenvalue weighted by molar-refractivity contribution is 0.411. The number of aryl methyl sites for hydroxylation is 1. The zero-order valence-corrected chi connectivity index (χ0v) is 11.8. The van der Waals surface area contributed by atoms with Crippen molar-refractivity contribution in [3.63, 3.8) is 0 Å². The second kappa shape index (κ2) is 6.39. The van der Waals surface area contributed by atoms with E-state index in [0.717, 1.165) is 12.3 Å². The Morgan fingerprint density at radius 3 is 2.37 bits per heavy atom. The van der Waals surface area contributed by atoms with Crippen LogP contribution < -0.4 is 10.1 Å². The fourth-order valence-corrected chi connectivity index (χ4v) is 2.36. The van der Waals surface area contributed by atoms with Gasteiger partial charge in [0.15, 0.2) is 0 Å². The molecule has 19 heavy (non-hydrogen) atoms. The first kappa shape index (κ1) is 13.6. The third kappa shape index (κ3) is 3.15. The summed E-state index contributed by atoms with van der Waals surface area (Å²) in [5.74, 6) is 0.937. The van der Waals surface area contributed by atoms with E-state index >= 15 is 0 Å². The van der Waals surface area contributed by atoms with E-state index in [1.165, 1.54) is 16.7 Å². The monoisotopic (exact) mass is 255 g/mol. The van der Waals surface area contributed by atoms with Crippen molar-refractivity contribution in [2.24, 2.45) is 0 Å². The van der Waals surface area contributed by atoms with Crippen LogP contribution in [0.5, 0.6) is 5.75 Å². The van der Waals surface area contributed by atoms with Crippen molar-refractivity contribution in [2.75, 3.05) is 13.7 Å². The van der Waals surface area contributed by atoms with Crippen molar-refractivity contribution in [3.05, 3.63) is 65.2 Å². The average Bonchev–Trinajstić information content (AvgIpc) is 2.45. The number of rotatable bonds is 5. The summed E-state index contributed by atoms with van der Waals surface area (Å²) in [6, 6.07) is 17.1. The number of nitrogens with one attached hydrogen (secondary N) is 1. The van der Waals surface area contributed by atoms with Gasteiger partial charge in [0, 0.05) is 0 Å². The topological polar surface area (TPSA) is 21.3 Å². The van der Waals surface area contributed by atoms with Crippen LogP contribution >= 0.6 is 0 Å². The third-order valence-electron chi connectivity index (χ3n) is 3.29. The highest BCUT2D eigenvalue weighted by atomic mass is 16.5. The van der Waals surface area contributed by atoms with Crippen LogP contribution in [0.1, 0.15) is 29.7 Å². The smallest absolute Gasteiger partial charge is 0.121 e. The van der Waals surface area contributed by atoms with E-state index in [2.05, 4.69) is 55.6 Å². The molecule has 0 saturated carbocycles. The summed E-state index contributed by atoms with van der Waals surface area (Å²) in [6.07, 6.45) is 0. The molecule has 0 amide bonds. The minimum absolute atomic E-state index is 0.232. The van der Waals surface area contributed by atoms with Gasteiger partial charge in [-0.25, -0.2) is 0 Å². The Morgan fingerprint density at radius 2 is 1.79 bits per heavy atom. The minimum Gasteiger partial charge on any atom is -0.496 e. The molecule has 2 rings (SSSR count). The van der Waals surface area contributed by atoms with Crippen molar-refractivity contribution < 1.29 is 4.74 Å². The molecule has 0 aliphatic heterocycles. The molecule has 0 fully saturated rings. The second-order valence-corrected chi connectivity index (χ2v) is 4.63. The Labute approximate surface area is 115 Å². The molecule has 0 radical (unpaired) electrons. The van der Waals surface area contributed by atoms with E-state index in [0.29, 0.717) is 0 Å². The van der Waals surface area contributed by atoms with Gasteiger partial charge in [-0.3, -0.25) is 0 Å². The Kier molecular flexibility index (Phi) is 4.58. The molecule has 2 aromatic carbocycles. The molecule has 2 aromatic rings. The summed E-state index contributed by atoms with van der Waals surface area (Å²) in [4.78, 5) is 0. The van der Waals surface area contributed by atoms with Crippen LogP contribution in [0.25, 0.3) is 0 Å². The van der Waals surface area contributed by atoms with Crippen molar-refractivity contribution in [3.8, 4) is 5.75 Å². The van der Waals surface area contributed by atoms with Gasteiger partial charge in [-0.1, -0.05) is 49.4 Å². The highest BCUT2D eigenvalue weighted by Gasteiger charge is 2.13. The van der Waals surface area contributed by atoms with E-state index in [4.69, 9.17) is 4.74 Å². The number of hydrogen-bond donors (Lipinski definition) is 1. The summed E-state index contributed by atoms with van der Waals surface area (Å²) in [5, 5.41) is 3.54. The van der Waals surface area contributed by atoms with Gasteiger partial charge in [-0.05, 0) is 36.2 Å². The first-order valence-corrected chi connectivity index (χ1v) is 6.69. The lowest BCUT2D eigenvalue weighted by Gasteiger charge is -2.20. The third-order valence-corrected chi connectivity index (χ3v) is 3.29. The molecule has 100 valence electrons. The van der Waals surface area contributed by atoms with Gasteiger partial charge in [0.05, 0.1) is 13.2 Å². The molecule has 2 heteroatoms. The maximum Gasteiger partial charge on any atom is 0.121 e. The highest BCUT2D eigenvalue weighted by molar-refractivity contribution is 5.40. The number of hydrogen-bond acceptors (Lipinski definition) is 2. The van der Waals surface area contributed by atoms with E-state index in [1.807, 2.05) is 12.1 Å². The summed E-state index contributed by atoms with van der Waals surface area (Å²) < 4.78 is 5.32. The summed E-state index contributed by atoms with van der Waals surface area (Å²) in [6.45, 7) is 5.15. The van der Waals surface area contributed by atoms with Crippen LogP contribution in [-0.4, -0.2) is 13.7 Å². The van der Waals surface area contributed by atoms with Crippen LogP contribution in [-0.2, 0) is 0 Å². The predicted molar refractivity (Wildman–Crippen MR) is 79.7 cm³/mol. The molecule has 1 N–H and O–H groups in total. The van der Waals surface area contributed by atoms with Gasteiger partial charge in [0.25, 0.3) is 0 Å². The first-order chi connectivity index (χ1) is 9.26. The molecular weight excluding hydrogens is 234 g/mol. The normalized spacial score (nSPS) is 12.2. The average molecular weight is 255 g/mol. The first-order valence-electron chi connectivity index (χ1n) is 6.69. The quantitative estimate of drug-likeness (QED) is 0.879. The van der Waals surface area contributed by atoms with Crippen molar-refractivity contribution in [1.29, 1.82) is 0 Å². The number of methoxy groups -OCH3 is 1. The second-order valence-electron chi connectivity index (χ2n) is 4.63. The summed E-state index contributed by atoms with van der Waals surface area (Å²) in [7, 11) is 1.71. The Balaban J connectivity index is 2.37. The van der Waals surface area contributed by atoms with E-state index in [1.54, 1.807) is 7.11 Å². The van der Waals surface area contributed by atoms with Gasteiger partial charge in [0.2, 0.25) is 0 Å². The molecule has 0 aliphatic rings. The van der Waals surface area contributed by atoms with Crippen LogP contribution in [0.2, 0.25) is 0 Å². The maximum absolute atomic E-state index is 5.32. The standard InChI is InChI=1S/C17H21NO/c1-4-18-17(14-8-6-5-7-9-14)15-10-11-16(19-3)13(2)12-15/h5-12,17-18H,4H2,1-3H3. The van der Waals surface area contributed by atoms with Crippen molar-refractivity contribution in [2.45, 2.75) is 19.9 Å². The van der Waals surface area contributed by atoms with E-state index in [9.17, 15) is 0 Å². The minimum atomic E-state index is 0.232. The largest absolute Gasteiger partial charge is 0.496 e. The number of benzene rings is 2. The fourth-order valence-electron chi connectivity index (χ4n) is 2.36. The maximum atomic E-state index is 5.32. The van der Waals surface area contributed by atoms with Crippen LogP contribution in [0.3, 0.4) is 0 Å². The van der Waals surface area contributed by atoms with Crippen LogP contribution in [0, 0.1) is 6.92 Å². The molecule has 0 aliphatic carbocycles. The molecule has 2 nitrogen and oxygen atoms in total. The fraction of sp³-hybridized carbons (Fsp3) is 0.294. The molecule has 0 saturated heterocycles. The molecule has 0 heterocycles. The van der Waals surface area contributed by atoms with Gasteiger partial charge in [0.1, 0.15) is 5.75 Å². The zero-order chi connectivity index (χ0) is 13.7. The van der Waals surface area contributed by atoms with Gasteiger partial charge in [-0.2, -0.15) is 0 Å². The van der Waals surface area contributed by atoms with Gasteiger partial charge in [-0.15, -0.1) is 0 Å². The number of ether oxygens (including phenoxy) is 1. The van der Waals surface area contributed by atoms with Crippen molar-refractivity contribution in [1.82, 2.24) is 5.32 Å². The van der Waals surface area contributed by atoms with E-state index in [-0.39, 0.29) is 6.04 Å². The lowest BCUT2D eigenvalue weighted by atomic mass is 9.97. The summed E-state index contributed by atoms with van der Waals surface area (Å²) >= 11 is 0. The molecule has 1 unspecified atom stereocenters. The molecule has 0 bridgehead atoms. The molecular formula is C17H21NO. The Hall–Kier alpha value is -1.80. The van der Waals surface area contributed by atoms with Crippen molar-refractivity contribution >= 4 is 0 Å². The Bertz CT molecular complexity index is 522. The van der Waals surface area contributed by atoms with Gasteiger partial charge >= 0.3 is 0 Å². The van der Waals surface area contributed by atoms with Crippen LogP contribution in [0.15, 0.2) is 48.5 Å². The summed E-state index contributed by atoms with van der Waals surface area (Å²) in [5.41, 5.74) is 3.72. The molecule has 1 atom stereocenters. The SMILES string of the molecule is CCNC(c1ccccc1)c1ccc(OC)c(C)c1. The highest BCUT2D eigenvalue weighted by Crippen LogP contribution is 2.26. The molecule has 0 spiro atoms.